The number of allylic oxidation sites excluding steroid dienone is 1. The highest BCUT2D eigenvalue weighted by atomic mass is 16.6. The lowest BCUT2D eigenvalue weighted by Crippen LogP contribution is -2.13. The van der Waals surface area contributed by atoms with Crippen LogP contribution in [0.4, 0.5) is 0 Å². The molecule has 0 atom stereocenters. The summed E-state index contributed by atoms with van der Waals surface area (Å²) >= 11 is 0. The van der Waals surface area contributed by atoms with Crippen LogP contribution in [0.25, 0.3) is 0 Å². The first-order valence-corrected chi connectivity index (χ1v) is 5.44. The van der Waals surface area contributed by atoms with Crippen molar-refractivity contribution in [2.24, 2.45) is 11.1 Å². The molecule has 1 aliphatic carbocycles. The van der Waals surface area contributed by atoms with Crippen LogP contribution in [-0.4, -0.2) is 11.3 Å². The highest BCUT2D eigenvalue weighted by Crippen LogP contribution is 2.32. The van der Waals surface area contributed by atoms with Gasteiger partial charge in [0, 0.05) is 5.92 Å². The third-order valence-electron chi connectivity index (χ3n) is 2.83. The standard InChI is InChI=1S/C13H15NO2/c1-10(12-3-2-4-12)16-14-9-11-5-7-13(15)8-6-11/h5-9,12,15H,1-4H2/b14-9+. The molecular formula is C13H15NO2. The van der Waals surface area contributed by atoms with Crippen molar-refractivity contribution in [3.8, 4) is 5.75 Å². The average Bonchev–Trinajstić information content (AvgIpc) is 2.18. The Labute approximate surface area is 95.0 Å². The number of aromatic hydroxyl groups is 1. The number of phenols is 1. The van der Waals surface area contributed by atoms with Gasteiger partial charge in [-0.05, 0) is 42.7 Å². The molecule has 1 aliphatic rings. The molecule has 0 saturated heterocycles. The summed E-state index contributed by atoms with van der Waals surface area (Å²) in [6.07, 6.45) is 5.19. The molecule has 1 aromatic carbocycles. The van der Waals surface area contributed by atoms with Crippen molar-refractivity contribution in [3.05, 3.63) is 42.2 Å². The molecule has 1 saturated carbocycles. The highest BCUT2D eigenvalue weighted by molar-refractivity contribution is 5.79. The average molecular weight is 217 g/mol. The van der Waals surface area contributed by atoms with Gasteiger partial charge in [0.2, 0.25) is 0 Å². The Bertz CT molecular complexity index is 391. The predicted octanol–water partition coefficient (Wildman–Crippen LogP) is 3.06. The molecule has 0 spiro atoms. The Hall–Kier alpha value is -1.77. The molecule has 0 unspecified atom stereocenters. The third-order valence-corrected chi connectivity index (χ3v) is 2.83. The van der Waals surface area contributed by atoms with E-state index in [1.807, 2.05) is 0 Å². The van der Waals surface area contributed by atoms with Crippen molar-refractivity contribution < 1.29 is 9.94 Å². The molecule has 2 rings (SSSR count). The molecule has 0 amide bonds. The van der Waals surface area contributed by atoms with Gasteiger partial charge >= 0.3 is 0 Å². The first-order chi connectivity index (χ1) is 7.75. The predicted molar refractivity (Wildman–Crippen MR) is 63.3 cm³/mol. The minimum atomic E-state index is 0.247. The number of rotatable bonds is 4. The van der Waals surface area contributed by atoms with Gasteiger partial charge in [-0.3, -0.25) is 0 Å². The Morgan fingerprint density at radius 3 is 2.62 bits per heavy atom. The Morgan fingerprint density at radius 2 is 2.06 bits per heavy atom. The van der Waals surface area contributed by atoms with Crippen LogP contribution in [-0.2, 0) is 4.84 Å². The molecule has 1 aromatic rings. The van der Waals surface area contributed by atoms with E-state index in [1.54, 1.807) is 30.5 Å². The fourth-order valence-electron chi connectivity index (χ4n) is 1.52. The van der Waals surface area contributed by atoms with Gasteiger partial charge in [-0.2, -0.15) is 0 Å². The van der Waals surface area contributed by atoms with E-state index in [9.17, 15) is 0 Å². The van der Waals surface area contributed by atoms with Crippen molar-refractivity contribution in [2.45, 2.75) is 19.3 Å². The molecule has 3 nitrogen and oxygen atoms in total. The summed E-state index contributed by atoms with van der Waals surface area (Å²) in [5.74, 6) is 1.48. The second kappa shape index (κ2) is 4.84. The maximum Gasteiger partial charge on any atom is 0.130 e. The van der Waals surface area contributed by atoms with Crippen LogP contribution in [0.15, 0.2) is 41.8 Å². The van der Waals surface area contributed by atoms with Crippen LogP contribution in [0.3, 0.4) is 0 Å². The van der Waals surface area contributed by atoms with Gasteiger partial charge in [0.05, 0.1) is 6.21 Å². The van der Waals surface area contributed by atoms with E-state index in [2.05, 4.69) is 11.7 Å². The van der Waals surface area contributed by atoms with Crippen LogP contribution in [0, 0.1) is 5.92 Å². The lowest BCUT2D eigenvalue weighted by molar-refractivity contribution is 0.157. The van der Waals surface area contributed by atoms with Gasteiger partial charge in [0.15, 0.2) is 0 Å². The van der Waals surface area contributed by atoms with Crippen LogP contribution in [0.5, 0.6) is 5.75 Å². The summed E-state index contributed by atoms with van der Waals surface area (Å²) in [7, 11) is 0. The lowest BCUT2D eigenvalue weighted by Gasteiger charge is -2.24. The van der Waals surface area contributed by atoms with Crippen molar-refractivity contribution in [3.63, 3.8) is 0 Å². The zero-order valence-electron chi connectivity index (χ0n) is 9.10. The van der Waals surface area contributed by atoms with E-state index in [0.717, 1.165) is 24.2 Å². The van der Waals surface area contributed by atoms with Crippen molar-refractivity contribution >= 4 is 6.21 Å². The van der Waals surface area contributed by atoms with Gasteiger partial charge < -0.3 is 9.94 Å². The number of phenolic OH excluding ortho intramolecular Hbond substituents is 1. The Morgan fingerprint density at radius 1 is 1.38 bits per heavy atom. The second-order valence-corrected chi connectivity index (χ2v) is 4.01. The van der Waals surface area contributed by atoms with Crippen LogP contribution < -0.4 is 0 Å². The molecule has 16 heavy (non-hydrogen) atoms. The largest absolute Gasteiger partial charge is 0.508 e. The molecule has 0 bridgehead atoms. The smallest absolute Gasteiger partial charge is 0.130 e. The Kier molecular flexibility index (Phi) is 3.25. The molecule has 1 fully saturated rings. The Balaban J connectivity index is 1.84. The fourth-order valence-corrected chi connectivity index (χ4v) is 1.52. The highest BCUT2D eigenvalue weighted by Gasteiger charge is 2.21. The zero-order chi connectivity index (χ0) is 11.4. The monoisotopic (exact) mass is 217 g/mol. The van der Waals surface area contributed by atoms with E-state index >= 15 is 0 Å². The summed E-state index contributed by atoms with van der Waals surface area (Å²) in [6.45, 7) is 3.85. The third kappa shape index (κ3) is 2.63. The number of hydrogen-bond acceptors (Lipinski definition) is 3. The molecule has 0 heterocycles. The van der Waals surface area contributed by atoms with Gasteiger partial charge in [0.25, 0.3) is 0 Å². The van der Waals surface area contributed by atoms with Gasteiger partial charge in [-0.1, -0.05) is 18.2 Å². The van der Waals surface area contributed by atoms with Crippen LogP contribution in [0.2, 0.25) is 0 Å². The first-order valence-electron chi connectivity index (χ1n) is 5.44. The number of oxime groups is 1. The maximum absolute atomic E-state index is 9.09. The topological polar surface area (TPSA) is 41.8 Å². The number of nitrogens with zero attached hydrogens (tertiary/aromatic N) is 1. The summed E-state index contributed by atoms with van der Waals surface area (Å²) in [6, 6.07) is 6.77. The zero-order valence-corrected chi connectivity index (χ0v) is 9.10. The molecule has 3 heteroatoms. The summed E-state index contributed by atoms with van der Waals surface area (Å²) in [4.78, 5) is 5.19. The van der Waals surface area contributed by atoms with Crippen LogP contribution >= 0.6 is 0 Å². The number of hydrogen-bond donors (Lipinski definition) is 1. The van der Waals surface area contributed by atoms with Crippen molar-refractivity contribution in [1.29, 1.82) is 0 Å². The van der Waals surface area contributed by atoms with Crippen molar-refractivity contribution in [2.75, 3.05) is 0 Å². The first kappa shape index (κ1) is 10.7. The SMILES string of the molecule is C=C(O/N=C/c1ccc(O)cc1)C1CCC1. The second-order valence-electron chi connectivity index (χ2n) is 4.01. The minimum absolute atomic E-state index is 0.247. The minimum Gasteiger partial charge on any atom is -0.508 e. The summed E-state index contributed by atoms with van der Waals surface area (Å²) < 4.78 is 0. The van der Waals surface area contributed by atoms with E-state index in [1.165, 1.54) is 6.42 Å². The van der Waals surface area contributed by atoms with Gasteiger partial charge in [0.1, 0.15) is 11.5 Å². The fraction of sp³-hybridized carbons (Fsp3) is 0.308. The molecule has 0 radical (unpaired) electrons. The molecular weight excluding hydrogens is 202 g/mol. The summed E-state index contributed by atoms with van der Waals surface area (Å²) in [5, 5.41) is 13.0. The van der Waals surface area contributed by atoms with E-state index in [0.29, 0.717) is 5.92 Å². The normalized spacial score (nSPS) is 16.0. The molecule has 0 aromatic heterocycles. The van der Waals surface area contributed by atoms with Gasteiger partial charge in [-0.15, -0.1) is 0 Å². The quantitative estimate of drug-likeness (QED) is 0.478. The van der Waals surface area contributed by atoms with Gasteiger partial charge in [-0.25, -0.2) is 0 Å². The molecule has 84 valence electrons. The van der Waals surface area contributed by atoms with Crippen molar-refractivity contribution in [1.82, 2.24) is 0 Å². The van der Waals surface area contributed by atoms with E-state index < -0.39 is 0 Å². The molecule has 1 N–H and O–H groups in total. The maximum atomic E-state index is 9.09. The summed E-state index contributed by atoms with van der Waals surface area (Å²) in [5.41, 5.74) is 0.888. The lowest BCUT2D eigenvalue weighted by atomic mass is 9.84. The van der Waals surface area contributed by atoms with E-state index in [4.69, 9.17) is 9.94 Å². The van der Waals surface area contributed by atoms with Crippen LogP contribution in [0.1, 0.15) is 24.8 Å². The molecule has 0 aliphatic heterocycles. The van der Waals surface area contributed by atoms with E-state index in [-0.39, 0.29) is 5.75 Å². The number of benzene rings is 1.